The van der Waals surface area contributed by atoms with Crippen molar-refractivity contribution in [3.63, 3.8) is 0 Å². The maximum Gasteiger partial charge on any atom is 0.242 e. The zero-order valence-electron chi connectivity index (χ0n) is 11.9. The second kappa shape index (κ2) is 6.11. The zero-order valence-corrected chi connectivity index (χ0v) is 12.7. The van der Waals surface area contributed by atoms with Gasteiger partial charge in [-0.15, -0.1) is 0 Å². The molecule has 0 heterocycles. The minimum absolute atomic E-state index is 0.212. The van der Waals surface area contributed by atoms with Crippen LogP contribution in [-0.4, -0.2) is 44.6 Å². The molecule has 0 aromatic heterocycles. The van der Waals surface area contributed by atoms with Crippen LogP contribution in [0, 0.1) is 5.92 Å². The maximum absolute atomic E-state index is 11.9. The molecule has 2 unspecified atom stereocenters. The third-order valence-electron chi connectivity index (χ3n) is 3.82. The number of aliphatic hydroxyl groups excluding tert-OH is 1. The van der Waals surface area contributed by atoms with Crippen molar-refractivity contribution in [3.05, 3.63) is 24.3 Å². The average Bonchev–Trinajstić information content (AvgIpc) is 2.82. The summed E-state index contributed by atoms with van der Waals surface area (Å²) in [6.45, 7) is 0.723. The van der Waals surface area contributed by atoms with E-state index < -0.39 is 10.0 Å². The highest BCUT2D eigenvalue weighted by Crippen LogP contribution is 2.26. The number of hydrogen-bond donors (Lipinski definition) is 2. The number of anilines is 1. The lowest BCUT2D eigenvalue weighted by molar-refractivity contribution is 0.138. The summed E-state index contributed by atoms with van der Waals surface area (Å²) in [4.78, 5) is 0.286. The Morgan fingerprint density at radius 3 is 2.40 bits per heavy atom. The number of rotatable bonds is 5. The molecule has 0 aliphatic heterocycles. The molecule has 2 atom stereocenters. The summed E-state index contributed by atoms with van der Waals surface area (Å²) < 4.78 is 25.1. The Balaban J connectivity index is 1.98. The van der Waals surface area contributed by atoms with Crippen LogP contribution in [0.5, 0.6) is 0 Å². The van der Waals surface area contributed by atoms with Gasteiger partial charge in [-0.2, -0.15) is 0 Å². The van der Waals surface area contributed by atoms with Crippen molar-refractivity contribution < 1.29 is 13.5 Å². The first kappa shape index (κ1) is 15.3. The van der Waals surface area contributed by atoms with Gasteiger partial charge in [-0.3, -0.25) is 0 Å². The van der Waals surface area contributed by atoms with Crippen LogP contribution in [0.15, 0.2) is 29.2 Å². The minimum Gasteiger partial charge on any atom is -0.393 e. The highest BCUT2D eigenvalue weighted by Gasteiger charge is 2.24. The Morgan fingerprint density at radius 2 is 1.90 bits per heavy atom. The standard InChI is InChI=1S/C14H22N2O3S/c1-16(2)20(18,19)13-8-6-12(7-9-13)15-10-11-4-3-5-14(11)17/h6-9,11,14-15,17H,3-5,10H2,1-2H3. The smallest absolute Gasteiger partial charge is 0.242 e. The van der Waals surface area contributed by atoms with Gasteiger partial charge in [0.2, 0.25) is 10.0 Å². The van der Waals surface area contributed by atoms with Gasteiger partial charge in [-0.1, -0.05) is 6.42 Å². The number of aliphatic hydroxyl groups is 1. The van der Waals surface area contributed by atoms with Gasteiger partial charge in [0.25, 0.3) is 0 Å². The monoisotopic (exact) mass is 298 g/mol. The van der Waals surface area contributed by atoms with Crippen LogP contribution >= 0.6 is 0 Å². The largest absolute Gasteiger partial charge is 0.393 e. The number of benzene rings is 1. The molecule has 0 radical (unpaired) electrons. The summed E-state index contributed by atoms with van der Waals surface area (Å²) in [6.07, 6.45) is 2.79. The van der Waals surface area contributed by atoms with Crippen LogP contribution in [0.1, 0.15) is 19.3 Å². The summed E-state index contributed by atoms with van der Waals surface area (Å²) in [6, 6.07) is 6.72. The molecule has 0 amide bonds. The highest BCUT2D eigenvalue weighted by atomic mass is 32.2. The van der Waals surface area contributed by atoms with E-state index in [2.05, 4.69) is 5.32 Å². The van der Waals surface area contributed by atoms with E-state index in [0.717, 1.165) is 31.5 Å². The van der Waals surface area contributed by atoms with Crippen molar-refractivity contribution in [1.82, 2.24) is 4.31 Å². The molecule has 1 aromatic carbocycles. The summed E-state index contributed by atoms with van der Waals surface area (Å²) in [5, 5.41) is 13.0. The van der Waals surface area contributed by atoms with Gasteiger partial charge in [0.1, 0.15) is 0 Å². The topological polar surface area (TPSA) is 69.6 Å². The Labute approximate surface area is 120 Å². The van der Waals surface area contributed by atoms with Gasteiger partial charge in [-0.05, 0) is 37.1 Å². The van der Waals surface area contributed by atoms with Crippen molar-refractivity contribution in [2.75, 3.05) is 26.0 Å². The second-order valence-corrected chi connectivity index (χ2v) is 7.60. The lowest BCUT2D eigenvalue weighted by Crippen LogP contribution is -2.23. The van der Waals surface area contributed by atoms with E-state index in [4.69, 9.17) is 0 Å². The third-order valence-corrected chi connectivity index (χ3v) is 5.65. The van der Waals surface area contributed by atoms with Gasteiger partial charge >= 0.3 is 0 Å². The SMILES string of the molecule is CN(C)S(=O)(=O)c1ccc(NCC2CCCC2O)cc1. The number of sulfonamides is 1. The van der Waals surface area contributed by atoms with Gasteiger partial charge < -0.3 is 10.4 Å². The molecule has 2 rings (SSSR count). The molecule has 20 heavy (non-hydrogen) atoms. The molecule has 1 fully saturated rings. The molecule has 0 spiro atoms. The van der Waals surface area contributed by atoms with Crippen molar-refractivity contribution in [3.8, 4) is 0 Å². The summed E-state index contributed by atoms with van der Waals surface area (Å²) in [5.74, 6) is 0.292. The molecule has 0 bridgehead atoms. The summed E-state index contributed by atoms with van der Waals surface area (Å²) in [7, 11) is -0.334. The first-order valence-electron chi connectivity index (χ1n) is 6.86. The van der Waals surface area contributed by atoms with E-state index >= 15 is 0 Å². The number of hydrogen-bond acceptors (Lipinski definition) is 4. The third kappa shape index (κ3) is 3.31. The Bertz CT molecular complexity index is 540. The van der Waals surface area contributed by atoms with Gasteiger partial charge in [0, 0.05) is 32.2 Å². The molecular formula is C14H22N2O3S. The Morgan fingerprint density at radius 1 is 1.25 bits per heavy atom. The van der Waals surface area contributed by atoms with E-state index in [1.165, 1.54) is 18.4 Å². The van der Waals surface area contributed by atoms with Crippen LogP contribution in [-0.2, 0) is 10.0 Å². The van der Waals surface area contributed by atoms with E-state index in [0.29, 0.717) is 5.92 Å². The van der Waals surface area contributed by atoms with Gasteiger partial charge in [-0.25, -0.2) is 12.7 Å². The predicted molar refractivity (Wildman–Crippen MR) is 79.2 cm³/mol. The highest BCUT2D eigenvalue weighted by molar-refractivity contribution is 7.89. The van der Waals surface area contributed by atoms with E-state index in [1.807, 2.05) is 0 Å². The van der Waals surface area contributed by atoms with Gasteiger partial charge in [0.15, 0.2) is 0 Å². The molecule has 5 nitrogen and oxygen atoms in total. The Hall–Kier alpha value is -1.11. The zero-order chi connectivity index (χ0) is 14.8. The molecule has 0 saturated heterocycles. The maximum atomic E-state index is 11.9. The first-order valence-corrected chi connectivity index (χ1v) is 8.30. The quantitative estimate of drug-likeness (QED) is 0.864. The number of nitrogens with one attached hydrogen (secondary N) is 1. The molecule has 6 heteroatoms. The molecule has 1 saturated carbocycles. The normalized spacial score (nSPS) is 23.2. The fourth-order valence-electron chi connectivity index (χ4n) is 2.46. The van der Waals surface area contributed by atoms with Crippen LogP contribution in [0.2, 0.25) is 0 Å². The van der Waals surface area contributed by atoms with Crippen LogP contribution in [0.4, 0.5) is 5.69 Å². The van der Waals surface area contributed by atoms with Crippen LogP contribution < -0.4 is 5.32 Å². The van der Waals surface area contributed by atoms with E-state index in [-0.39, 0.29) is 11.0 Å². The molecule has 1 aliphatic rings. The van der Waals surface area contributed by atoms with Crippen LogP contribution in [0.25, 0.3) is 0 Å². The van der Waals surface area contributed by atoms with E-state index in [9.17, 15) is 13.5 Å². The second-order valence-electron chi connectivity index (χ2n) is 5.45. The van der Waals surface area contributed by atoms with E-state index in [1.54, 1.807) is 24.3 Å². The average molecular weight is 298 g/mol. The predicted octanol–water partition coefficient (Wildman–Crippen LogP) is 1.51. The molecule has 2 N–H and O–H groups in total. The van der Waals surface area contributed by atoms with Crippen LogP contribution in [0.3, 0.4) is 0 Å². The van der Waals surface area contributed by atoms with Crippen molar-refractivity contribution in [1.29, 1.82) is 0 Å². The lowest BCUT2D eigenvalue weighted by Gasteiger charge is -2.16. The van der Waals surface area contributed by atoms with Crippen molar-refractivity contribution in [2.24, 2.45) is 5.92 Å². The van der Waals surface area contributed by atoms with Crippen molar-refractivity contribution in [2.45, 2.75) is 30.3 Å². The minimum atomic E-state index is -3.37. The van der Waals surface area contributed by atoms with Crippen molar-refractivity contribution >= 4 is 15.7 Å². The number of nitrogens with zero attached hydrogens (tertiary/aromatic N) is 1. The summed E-state index contributed by atoms with van der Waals surface area (Å²) in [5.41, 5.74) is 0.877. The lowest BCUT2D eigenvalue weighted by atomic mass is 10.1. The first-order chi connectivity index (χ1) is 9.41. The molecule has 1 aliphatic carbocycles. The fraction of sp³-hybridized carbons (Fsp3) is 0.571. The molecular weight excluding hydrogens is 276 g/mol. The molecule has 1 aromatic rings. The fourth-order valence-corrected chi connectivity index (χ4v) is 3.36. The summed E-state index contributed by atoms with van der Waals surface area (Å²) >= 11 is 0. The Kier molecular flexibility index (Phi) is 4.67. The molecule has 112 valence electrons. The van der Waals surface area contributed by atoms with Gasteiger partial charge in [0.05, 0.1) is 11.0 Å².